The monoisotopic (exact) mass is 239 g/mol. The van der Waals surface area contributed by atoms with E-state index in [9.17, 15) is 4.79 Å². The van der Waals surface area contributed by atoms with Gasteiger partial charge in [0.15, 0.2) is 0 Å². The van der Waals surface area contributed by atoms with Crippen LogP contribution in [0.25, 0.3) is 0 Å². The maximum atomic E-state index is 10.7. The largest absolute Gasteiger partial charge is 0.496 e. The van der Waals surface area contributed by atoms with Gasteiger partial charge in [-0.25, -0.2) is 0 Å². The van der Waals surface area contributed by atoms with Gasteiger partial charge < -0.3 is 10.1 Å². The summed E-state index contributed by atoms with van der Waals surface area (Å²) in [5.74, 6) is 1.28. The molecule has 1 aromatic rings. The molecule has 0 aliphatic heterocycles. The van der Waals surface area contributed by atoms with Crippen LogP contribution in [0.1, 0.15) is 30.9 Å². The summed E-state index contributed by atoms with van der Waals surface area (Å²) in [4.78, 5) is 10.7. The van der Waals surface area contributed by atoms with Crippen LogP contribution in [0.5, 0.6) is 5.75 Å². The van der Waals surface area contributed by atoms with Crippen molar-refractivity contribution in [1.29, 1.82) is 0 Å². The minimum Gasteiger partial charge on any atom is -0.496 e. The second-order valence-electron chi connectivity index (χ2n) is 3.89. The van der Waals surface area contributed by atoms with Crippen LogP contribution in [-0.2, 0) is 6.54 Å². The third-order valence-corrected chi connectivity index (χ3v) is 2.52. The number of amides is 1. The quantitative estimate of drug-likeness (QED) is 0.793. The Morgan fingerprint density at radius 1 is 1.50 bits per heavy atom. The Morgan fingerprint density at radius 3 is 2.69 bits per heavy atom. The molecule has 0 aromatic heterocycles. The van der Waals surface area contributed by atoms with Crippen LogP contribution >= 0.6 is 12.6 Å². The molecule has 0 aliphatic carbocycles. The van der Waals surface area contributed by atoms with Crippen molar-refractivity contribution in [3.05, 3.63) is 29.3 Å². The first-order chi connectivity index (χ1) is 7.54. The Balaban J connectivity index is 2.89. The zero-order valence-corrected chi connectivity index (χ0v) is 10.7. The van der Waals surface area contributed by atoms with Gasteiger partial charge in [0, 0.05) is 6.54 Å². The normalized spacial score (nSPS) is 10.3. The summed E-state index contributed by atoms with van der Waals surface area (Å²) < 4.78 is 5.28. The minimum absolute atomic E-state index is 0.318. The predicted molar refractivity (Wildman–Crippen MR) is 68.3 cm³/mol. The summed E-state index contributed by atoms with van der Waals surface area (Å²) in [6.07, 6.45) is 0. The topological polar surface area (TPSA) is 38.3 Å². The first kappa shape index (κ1) is 12.9. The third-order valence-electron chi connectivity index (χ3n) is 2.36. The minimum atomic E-state index is -0.318. The number of thiol groups is 1. The molecule has 0 saturated carbocycles. The second kappa shape index (κ2) is 5.80. The van der Waals surface area contributed by atoms with Gasteiger partial charge in [0.25, 0.3) is 5.24 Å². The van der Waals surface area contributed by atoms with E-state index in [1.807, 2.05) is 18.2 Å². The molecule has 1 aromatic carbocycles. The van der Waals surface area contributed by atoms with Gasteiger partial charge in [0.2, 0.25) is 0 Å². The van der Waals surface area contributed by atoms with Crippen LogP contribution in [0.2, 0.25) is 0 Å². The fourth-order valence-corrected chi connectivity index (χ4v) is 1.60. The highest BCUT2D eigenvalue weighted by Crippen LogP contribution is 2.27. The van der Waals surface area contributed by atoms with E-state index in [1.165, 1.54) is 0 Å². The maximum Gasteiger partial charge on any atom is 0.276 e. The third kappa shape index (κ3) is 3.45. The summed E-state index contributed by atoms with van der Waals surface area (Å²) >= 11 is 3.66. The molecule has 0 radical (unpaired) electrons. The molecule has 3 nitrogen and oxygen atoms in total. The molecule has 0 heterocycles. The SMILES string of the molecule is COc1ccc(CNC(=O)S)cc1C(C)C. The van der Waals surface area contributed by atoms with Crippen molar-refractivity contribution in [2.24, 2.45) is 0 Å². The van der Waals surface area contributed by atoms with Crippen molar-refractivity contribution >= 4 is 17.9 Å². The molecule has 1 N–H and O–H groups in total. The molecule has 0 saturated heterocycles. The van der Waals surface area contributed by atoms with E-state index in [-0.39, 0.29) is 5.24 Å². The van der Waals surface area contributed by atoms with Crippen molar-refractivity contribution in [3.8, 4) is 5.75 Å². The summed E-state index contributed by atoms with van der Waals surface area (Å²) in [5.41, 5.74) is 2.19. The van der Waals surface area contributed by atoms with Crippen molar-refractivity contribution in [2.45, 2.75) is 26.3 Å². The fourth-order valence-electron chi connectivity index (χ4n) is 1.52. The Hall–Kier alpha value is -1.16. The Bertz CT molecular complexity index is 377. The highest BCUT2D eigenvalue weighted by atomic mass is 32.1. The molecule has 0 bridgehead atoms. The van der Waals surface area contributed by atoms with Gasteiger partial charge in [0.1, 0.15) is 5.75 Å². The highest BCUT2D eigenvalue weighted by Gasteiger charge is 2.08. The number of hydrogen-bond donors (Lipinski definition) is 2. The lowest BCUT2D eigenvalue weighted by Crippen LogP contribution is -2.15. The van der Waals surface area contributed by atoms with Gasteiger partial charge in [-0.1, -0.05) is 38.6 Å². The van der Waals surface area contributed by atoms with E-state index in [1.54, 1.807) is 7.11 Å². The van der Waals surface area contributed by atoms with Crippen LogP contribution in [0.3, 0.4) is 0 Å². The van der Waals surface area contributed by atoms with Crippen molar-refractivity contribution in [1.82, 2.24) is 5.32 Å². The average molecular weight is 239 g/mol. The molecule has 0 spiro atoms. The van der Waals surface area contributed by atoms with Crippen LogP contribution in [-0.4, -0.2) is 12.3 Å². The lowest BCUT2D eigenvalue weighted by Gasteiger charge is -2.13. The molecule has 0 fully saturated rings. The number of carbonyl (C=O) groups is 1. The van der Waals surface area contributed by atoms with Crippen LogP contribution in [0, 0.1) is 0 Å². The Morgan fingerprint density at radius 2 is 2.19 bits per heavy atom. The molecule has 1 rings (SSSR count). The summed E-state index contributed by atoms with van der Waals surface area (Å²) in [6.45, 7) is 4.71. The number of ether oxygens (including phenoxy) is 1. The van der Waals surface area contributed by atoms with Gasteiger partial charge in [-0.2, -0.15) is 0 Å². The van der Waals surface area contributed by atoms with Crippen LogP contribution < -0.4 is 10.1 Å². The van der Waals surface area contributed by atoms with Crippen molar-refractivity contribution in [2.75, 3.05) is 7.11 Å². The van der Waals surface area contributed by atoms with Gasteiger partial charge in [-0.3, -0.25) is 4.79 Å². The number of hydrogen-bond acceptors (Lipinski definition) is 2. The smallest absolute Gasteiger partial charge is 0.276 e. The lowest BCUT2D eigenvalue weighted by atomic mass is 9.99. The molecule has 0 aliphatic rings. The summed E-state index contributed by atoms with van der Waals surface area (Å²) in [7, 11) is 1.66. The summed E-state index contributed by atoms with van der Waals surface area (Å²) in [5, 5.41) is 2.33. The Labute approximate surface area is 102 Å². The van der Waals surface area contributed by atoms with E-state index < -0.39 is 0 Å². The molecule has 1 amide bonds. The highest BCUT2D eigenvalue weighted by molar-refractivity contribution is 7.96. The van der Waals surface area contributed by atoms with E-state index in [4.69, 9.17) is 4.74 Å². The first-order valence-electron chi connectivity index (χ1n) is 5.18. The molecule has 16 heavy (non-hydrogen) atoms. The zero-order chi connectivity index (χ0) is 12.1. The van der Waals surface area contributed by atoms with E-state index in [0.29, 0.717) is 12.5 Å². The van der Waals surface area contributed by atoms with E-state index >= 15 is 0 Å². The lowest BCUT2D eigenvalue weighted by molar-refractivity contribution is 0.260. The molecule has 88 valence electrons. The van der Waals surface area contributed by atoms with Gasteiger partial charge in [-0.15, -0.1) is 0 Å². The predicted octanol–water partition coefficient (Wildman–Crippen LogP) is 2.96. The number of carbonyl (C=O) groups excluding carboxylic acids is 1. The standard InChI is InChI=1S/C12H17NO2S/c1-8(2)10-6-9(7-13-12(14)16)4-5-11(10)15-3/h4-6,8H,7H2,1-3H3,(H2,13,14,16). The summed E-state index contributed by atoms with van der Waals surface area (Å²) in [6, 6.07) is 5.91. The molecule has 0 atom stereocenters. The number of rotatable bonds is 4. The van der Waals surface area contributed by atoms with Gasteiger partial charge in [-0.05, 0) is 23.1 Å². The number of nitrogens with one attached hydrogen (secondary N) is 1. The van der Waals surface area contributed by atoms with Crippen LogP contribution in [0.4, 0.5) is 4.79 Å². The molecule has 4 heteroatoms. The van der Waals surface area contributed by atoms with E-state index in [2.05, 4.69) is 31.8 Å². The number of methoxy groups -OCH3 is 1. The van der Waals surface area contributed by atoms with Gasteiger partial charge in [0.05, 0.1) is 7.11 Å². The van der Waals surface area contributed by atoms with Crippen molar-refractivity contribution < 1.29 is 9.53 Å². The van der Waals surface area contributed by atoms with Crippen molar-refractivity contribution in [3.63, 3.8) is 0 Å². The second-order valence-corrected chi connectivity index (χ2v) is 4.30. The molecular weight excluding hydrogens is 222 g/mol. The Kier molecular flexibility index (Phi) is 4.68. The molecular formula is C12H17NO2S. The number of benzene rings is 1. The molecule has 0 unspecified atom stereocenters. The first-order valence-corrected chi connectivity index (χ1v) is 5.63. The zero-order valence-electron chi connectivity index (χ0n) is 9.78. The average Bonchev–Trinajstić information content (AvgIpc) is 2.25. The fraction of sp³-hybridized carbons (Fsp3) is 0.417. The van der Waals surface area contributed by atoms with Crippen LogP contribution in [0.15, 0.2) is 18.2 Å². The maximum absolute atomic E-state index is 10.7. The van der Waals surface area contributed by atoms with Gasteiger partial charge >= 0.3 is 0 Å². The van der Waals surface area contributed by atoms with E-state index in [0.717, 1.165) is 16.9 Å².